The second-order valence-electron chi connectivity index (χ2n) is 19.0. The molecule has 8 heteroatoms. The van der Waals surface area contributed by atoms with E-state index in [2.05, 4.69) is 154 Å². The molecule has 0 radical (unpaired) electrons. The van der Waals surface area contributed by atoms with Crippen LogP contribution < -0.4 is 5.30 Å². The molecule has 0 unspecified atom stereocenters. The summed E-state index contributed by atoms with van der Waals surface area (Å²) in [6.45, 7) is 48.0. The summed E-state index contributed by atoms with van der Waals surface area (Å²) in [5.41, 5.74) is 5.94. The molecule has 0 N–H and O–H groups in total. The number of benzene rings is 1. The van der Waals surface area contributed by atoms with Crippen LogP contribution >= 0.6 is 15.7 Å². The summed E-state index contributed by atoms with van der Waals surface area (Å²) < 4.78 is 0. The molecule has 0 atom stereocenters. The predicted molar refractivity (Wildman–Crippen MR) is 210 cm³/mol. The zero-order valence-corrected chi connectivity index (χ0v) is 37.5. The van der Waals surface area contributed by atoms with E-state index in [4.69, 9.17) is 0 Å². The number of hydrogen-bond acceptors (Lipinski definition) is 0. The van der Waals surface area contributed by atoms with Crippen LogP contribution in [0.15, 0.2) is 36.4 Å². The molecule has 0 heterocycles. The molecular weight excluding hydrogens is 615 g/mol. The minimum atomic E-state index is -1.48. The fourth-order valence-electron chi connectivity index (χ4n) is 8.81. The lowest BCUT2D eigenvalue weighted by atomic mass is 10.1. The van der Waals surface area contributed by atoms with Crippen LogP contribution in [-0.4, -0.2) is 54.1 Å². The van der Waals surface area contributed by atoms with Crippen LogP contribution in [0.4, 0.5) is 0 Å². The molecule has 2 rings (SSSR count). The number of rotatable bonds is 11. The molecule has 0 saturated carbocycles. The fourth-order valence-corrected chi connectivity index (χ4v) is 50.6. The number of hydrogen-bond donors (Lipinski definition) is 0. The second kappa shape index (κ2) is 12.5. The van der Waals surface area contributed by atoms with Gasteiger partial charge in [0.25, 0.3) is 0 Å². The van der Waals surface area contributed by atoms with Crippen LogP contribution in [0.2, 0.25) is 118 Å². The third-order valence-electron chi connectivity index (χ3n) is 8.36. The van der Waals surface area contributed by atoms with Gasteiger partial charge in [0.1, 0.15) is 0 Å². The molecule has 226 valence electrons. The Morgan fingerprint density at radius 2 is 0.775 bits per heavy atom. The van der Waals surface area contributed by atoms with E-state index in [-0.39, 0.29) is 0 Å². The summed E-state index contributed by atoms with van der Waals surface area (Å²) in [6.07, 6.45) is 9.34. The Hall–Kier alpha value is 0.601. The van der Waals surface area contributed by atoms with E-state index < -0.39 is 48.4 Å². The highest BCUT2D eigenvalue weighted by Gasteiger charge is 2.46. The molecule has 1 aliphatic carbocycles. The highest BCUT2D eigenvalue weighted by atomic mass is 31.7. The Morgan fingerprint density at radius 3 is 1.05 bits per heavy atom. The summed E-state index contributed by atoms with van der Waals surface area (Å²) in [5, 5.41) is 4.11. The Bertz CT molecular complexity index is 1020. The fraction of sp³-hybridized carbons (Fsp3) is 0.688. The maximum Gasteiger partial charge on any atom is 0.0493 e. The maximum absolute atomic E-state index is 2.86. The standard InChI is InChI=1S/C32H64P2Si6/c1-35(2,3)30(36(4,5)6)25-23-27(31(37(7,8)9)38(10,11)12)29(34-33-26-21-19-20-22-26)28(24-25)32(39(13,14)15)40(16,17)18/h19-24,26,30-32H,1-18H3. The minimum Gasteiger partial charge on any atom is -0.0693 e. The van der Waals surface area contributed by atoms with Crippen molar-refractivity contribution in [2.45, 2.75) is 139 Å². The van der Waals surface area contributed by atoms with Gasteiger partial charge in [-0.1, -0.05) is 162 Å². The van der Waals surface area contributed by atoms with Crippen LogP contribution in [-0.2, 0) is 0 Å². The quantitative estimate of drug-likeness (QED) is 0.161. The van der Waals surface area contributed by atoms with Crippen molar-refractivity contribution in [3.63, 3.8) is 0 Å². The van der Waals surface area contributed by atoms with E-state index >= 15 is 0 Å². The van der Waals surface area contributed by atoms with E-state index in [0.717, 1.165) is 15.5 Å². The summed E-state index contributed by atoms with van der Waals surface area (Å²) in [4.78, 5) is 0. The molecule has 0 amide bonds. The van der Waals surface area contributed by atoms with Gasteiger partial charge in [-0.05, 0) is 40.1 Å². The molecule has 0 bridgehead atoms. The van der Waals surface area contributed by atoms with Gasteiger partial charge in [0.05, 0.1) is 0 Å². The normalized spacial score (nSPS) is 16.5. The monoisotopic (exact) mass is 678 g/mol. The molecule has 0 spiro atoms. The SMILES string of the molecule is C[Si](C)(C)C(c1cc(C([Si](C)(C)C)[Si](C)(C)C)c(P=PC2C=CC=C2)c(C([Si](C)(C)C)[Si](C)(C)C)c1)[Si](C)(C)C. The molecule has 0 saturated heterocycles. The first-order chi connectivity index (χ1) is 17.7. The van der Waals surface area contributed by atoms with Crippen LogP contribution in [0.1, 0.15) is 32.2 Å². The van der Waals surface area contributed by atoms with Gasteiger partial charge in [-0.25, -0.2) is 0 Å². The van der Waals surface area contributed by atoms with Crippen LogP contribution in [0.3, 0.4) is 0 Å². The third kappa shape index (κ3) is 9.30. The first-order valence-electron chi connectivity index (χ1n) is 15.6. The van der Waals surface area contributed by atoms with Crippen LogP contribution in [0.5, 0.6) is 0 Å². The Morgan fingerprint density at radius 1 is 0.475 bits per heavy atom. The van der Waals surface area contributed by atoms with Crippen molar-refractivity contribution in [1.29, 1.82) is 0 Å². The van der Waals surface area contributed by atoms with Gasteiger partial charge in [0, 0.05) is 59.4 Å². The minimum absolute atomic E-state index is 0.563. The average molecular weight is 679 g/mol. The van der Waals surface area contributed by atoms with Crippen LogP contribution in [0, 0.1) is 0 Å². The Balaban J connectivity index is 3.23. The summed E-state index contributed by atoms with van der Waals surface area (Å²) >= 11 is 0. The van der Waals surface area contributed by atoms with Crippen molar-refractivity contribution in [3.8, 4) is 0 Å². The summed E-state index contributed by atoms with van der Waals surface area (Å²) in [6, 6.07) is 5.71. The van der Waals surface area contributed by atoms with E-state index in [9.17, 15) is 0 Å². The predicted octanol–water partition coefficient (Wildman–Crippen LogP) is 12.1. The summed E-state index contributed by atoms with van der Waals surface area (Å²) in [5.74, 6) is 0. The van der Waals surface area contributed by atoms with E-state index in [1.165, 1.54) is 7.87 Å². The zero-order valence-electron chi connectivity index (χ0n) is 29.7. The molecule has 40 heavy (non-hydrogen) atoms. The largest absolute Gasteiger partial charge is 0.0693 e. The van der Waals surface area contributed by atoms with Crippen molar-refractivity contribution in [2.75, 3.05) is 0 Å². The van der Waals surface area contributed by atoms with Gasteiger partial charge in [-0.3, -0.25) is 0 Å². The van der Waals surface area contributed by atoms with Gasteiger partial charge in [0.15, 0.2) is 0 Å². The lowest BCUT2D eigenvalue weighted by molar-refractivity contribution is 1.10. The summed E-state index contributed by atoms with van der Waals surface area (Å²) in [7, 11) is -5.72. The lowest BCUT2D eigenvalue weighted by Crippen LogP contribution is -2.51. The number of allylic oxidation sites excluding steroid dienone is 4. The molecule has 0 aromatic heterocycles. The first kappa shape index (κ1) is 36.8. The topological polar surface area (TPSA) is 0 Å². The second-order valence-corrected chi connectivity index (χ2v) is 55.4. The average Bonchev–Trinajstić information content (AvgIpc) is 3.13. The van der Waals surface area contributed by atoms with Gasteiger partial charge < -0.3 is 0 Å². The molecule has 1 aromatic rings. The molecule has 0 nitrogen and oxygen atoms in total. The maximum atomic E-state index is 2.86. The van der Waals surface area contributed by atoms with Gasteiger partial charge in [0.2, 0.25) is 0 Å². The Kier molecular flexibility index (Phi) is 11.5. The Labute approximate surface area is 260 Å². The lowest BCUT2D eigenvalue weighted by Gasteiger charge is -2.45. The third-order valence-corrected chi connectivity index (χ3v) is 39.4. The van der Waals surface area contributed by atoms with Gasteiger partial charge in [-0.15, -0.1) is 0 Å². The van der Waals surface area contributed by atoms with Crippen molar-refractivity contribution in [3.05, 3.63) is 53.1 Å². The van der Waals surface area contributed by atoms with E-state index in [0.29, 0.717) is 5.66 Å². The molecule has 0 fully saturated rings. The highest BCUT2D eigenvalue weighted by molar-refractivity contribution is 7.88. The van der Waals surface area contributed by atoms with Crippen molar-refractivity contribution < 1.29 is 0 Å². The first-order valence-corrected chi connectivity index (χ1v) is 39.6. The van der Waals surface area contributed by atoms with Crippen molar-refractivity contribution in [2.24, 2.45) is 0 Å². The van der Waals surface area contributed by atoms with Crippen molar-refractivity contribution >= 4 is 69.5 Å². The van der Waals surface area contributed by atoms with E-state index in [1.54, 1.807) is 18.7 Å². The van der Waals surface area contributed by atoms with Crippen LogP contribution in [0.25, 0.3) is 0 Å². The van der Waals surface area contributed by atoms with Gasteiger partial charge >= 0.3 is 0 Å². The van der Waals surface area contributed by atoms with Gasteiger partial charge in [-0.2, -0.15) is 0 Å². The molecule has 1 aromatic carbocycles. The molecule has 0 aliphatic heterocycles. The van der Waals surface area contributed by atoms with Crippen molar-refractivity contribution in [1.82, 2.24) is 0 Å². The smallest absolute Gasteiger partial charge is 0.0493 e. The molecular formula is C32H64P2Si6. The highest BCUT2D eigenvalue weighted by Crippen LogP contribution is 2.46. The zero-order chi connectivity index (χ0) is 31.3. The van der Waals surface area contributed by atoms with E-state index in [1.807, 2.05) is 11.1 Å². The molecule has 1 aliphatic rings.